The maximum atomic E-state index is 11.4. The largest absolute Gasteiger partial charge is 0.425 e. The summed E-state index contributed by atoms with van der Waals surface area (Å²) < 4.78 is 10.2. The molecule has 1 atom stereocenters. The Morgan fingerprint density at radius 1 is 1.43 bits per heavy atom. The van der Waals surface area contributed by atoms with Crippen LogP contribution in [0.1, 0.15) is 0 Å². The molecule has 1 aliphatic rings. The van der Waals surface area contributed by atoms with E-state index in [1.165, 1.54) is 0 Å². The van der Waals surface area contributed by atoms with Crippen LogP contribution in [-0.4, -0.2) is 25.3 Å². The zero-order valence-corrected chi connectivity index (χ0v) is 7.60. The van der Waals surface area contributed by atoms with E-state index in [9.17, 15) is 4.79 Å². The third kappa shape index (κ3) is 2.10. The van der Waals surface area contributed by atoms with Gasteiger partial charge in [0.25, 0.3) is 0 Å². The Morgan fingerprint density at radius 2 is 2.21 bits per heavy atom. The second kappa shape index (κ2) is 4.21. The summed E-state index contributed by atoms with van der Waals surface area (Å²) >= 11 is 0. The van der Waals surface area contributed by atoms with Crippen molar-refractivity contribution in [3.63, 3.8) is 0 Å². The first-order chi connectivity index (χ1) is 6.86. The molecule has 0 radical (unpaired) electrons. The van der Waals surface area contributed by atoms with E-state index in [1.807, 2.05) is 18.2 Å². The summed E-state index contributed by atoms with van der Waals surface area (Å²) in [5, 5.41) is 2.92. The zero-order valence-electron chi connectivity index (χ0n) is 7.60. The van der Waals surface area contributed by atoms with E-state index in [1.54, 1.807) is 12.1 Å². The van der Waals surface area contributed by atoms with Gasteiger partial charge in [-0.15, -0.1) is 0 Å². The van der Waals surface area contributed by atoms with Crippen LogP contribution in [0.5, 0.6) is 5.75 Å². The first-order valence-electron chi connectivity index (χ1n) is 4.45. The smallest absolute Gasteiger partial charge is 0.342 e. The summed E-state index contributed by atoms with van der Waals surface area (Å²) in [5.41, 5.74) is 0. The van der Waals surface area contributed by atoms with Crippen LogP contribution in [0, 0.1) is 0 Å². The standard InChI is InChI=1S/C10H11NO3/c12-10(9-6-11-7-13-9)14-8-4-2-1-3-5-8/h1-5,9,11H,6-7H2. The quantitative estimate of drug-likeness (QED) is 0.550. The highest BCUT2D eigenvalue weighted by atomic mass is 16.6. The molecule has 4 heteroatoms. The van der Waals surface area contributed by atoms with Crippen LogP contribution in [0.4, 0.5) is 0 Å². The molecule has 74 valence electrons. The minimum Gasteiger partial charge on any atom is -0.425 e. The number of nitrogens with one attached hydrogen (secondary N) is 1. The Balaban J connectivity index is 1.94. The van der Waals surface area contributed by atoms with Crippen molar-refractivity contribution in [2.24, 2.45) is 0 Å². The van der Waals surface area contributed by atoms with Crippen LogP contribution < -0.4 is 10.1 Å². The summed E-state index contributed by atoms with van der Waals surface area (Å²) in [6, 6.07) is 8.97. The molecule has 0 bridgehead atoms. The van der Waals surface area contributed by atoms with Gasteiger partial charge in [-0.05, 0) is 12.1 Å². The Hall–Kier alpha value is -1.39. The predicted molar refractivity (Wildman–Crippen MR) is 49.8 cm³/mol. The van der Waals surface area contributed by atoms with Crippen molar-refractivity contribution in [3.05, 3.63) is 30.3 Å². The molecule has 2 rings (SSSR count). The van der Waals surface area contributed by atoms with Crippen molar-refractivity contribution < 1.29 is 14.3 Å². The first-order valence-corrected chi connectivity index (χ1v) is 4.45. The van der Waals surface area contributed by atoms with Crippen LogP contribution in [-0.2, 0) is 9.53 Å². The molecule has 1 aromatic carbocycles. The Bertz CT molecular complexity index is 306. The average molecular weight is 193 g/mol. The van der Waals surface area contributed by atoms with E-state index in [0.717, 1.165) is 0 Å². The predicted octanol–water partition coefficient (Wildman–Crippen LogP) is 0.538. The monoisotopic (exact) mass is 193 g/mol. The summed E-state index contributed by atoms with van der Waals surface area (Å²) in [7, 11) is 0. The van der Waals surface area contributed by atoms with E-state index in [4.69, 9.17) is 9.47 Å². The lowest BCUT2D eigenvalue weighted by atomic mass is 10.3. The molecule has 1 heterocycles. The summed E-state index contributed by atoms with van der Waals surface area (Å²) in [6.07, 6.45) is -0.477. The van der Waals surface area contributed by atoms with Crippen LogP contribution in [0.25, 0.3) is 0 Å². The third-order valence-corrected chi connectivity index (χ3v) is 1.94. The van der Waals surface area contributed by atoms with Gasteiger partial charge in [-0.1, -0.05) is 18.2 Å². The topological polar surface area (TPSA) is 47.6 Å². The number of carbonyl (C=O) groups excluding carboxylic acids is 1. The fourth-order valence-corrected chi connectivity index (χ4v) is 1.23. The van der Waals surface area contributed by atoms with E-state index < -0.39 is 6.10 Å². The first kappa shape index (κ1) is 9.18. The zero-order chi connectivity index (χ0) is 9.80. The van der Waals surface area contributed by atoms with Crippen molar-refractivity contribution >= 4 is 5.97 Å². The Labute approximate surface area is 81.8 Å². The van der Waals surface area contributed by atoms with E-state index in [2.05, 4.69) is 5.32 Å². The Kier molecular flexibility index (Phi) is 2.76. The van der Waals surface area contributed by atoms with Gasteiger partial charge in [0.1, 0.15) is 5.75 Å². The molecule has 0 aliphatic carbocycles. The van der Waals surface area contributed by atoms with Crippen molar-refractivity contribution in [1.82, 2.24) is 5.32 Å². The molecule has 1 fully saturated rings. The molecular formula is C10H11NO3. The van der Waals surface area contributed by atoms with E-state index >= 15 is 0 Å². The van der Waals surface area contributed by atoms with Gasteiger partial charge in [0.05, 0.1) is 6.73 Å². The fourth-order valence-electron chi connectivity index (χ4n) is 1.23. The molecule has 1 unspecified atom stereocenters. The lowest BCUT2D eigenvalue weighted by Gasteiger charge is -2.07. The van der Waals surface area contributed by atoms with Crippen LogP contribution in [0.3, 0.4) is 0 Å². The van der Waals surface area contributed by atoms with Gasteiger partial charge >= 0.3 is 5.97 Å². The van der Waals surface area contributed by atoms with Gasteiger partial charge in [-0.3, -0.25) is 5.32 Å². The molecule has 14 heavy (non-hydrogen) atoms. The molecule has 1 N–H and O–H groups in total. The van der Waals surface area contributed by atoms with Gasteiger partial charge in [0.2, 0.25) is 0 Å². The number of carbonyl (C=O) groups is 1. The number of hydrogen-bond donors (Lipinski definition) is 1. The number of ether oxygens (including phenoxy) is 2. The van der Waals surface area contributed by atoms with Gasteiger partial charge < -0.3 is 9.47 Å². The molecule has 1 aromatic rings. The number of esters is 1. The SMILES string of the molecule is O=C(Oc1ccccc1)C1CNCO1. The van der Waals surface area contributed by atoms with Crippen LogP contribution in [0.15, 0.2) is 30.3 Å². The van der Waals surface area contributed by atoms with Crippen molar-refractivity contribution in [2.45, 2.75) is 6.10 Å². The number of benzene rings is 1. The average Bonchev–Trinajstić information content (AvgIpc) is 2.72. The van der Waals surface area contributed by atoms with Crippen LogP contribution in [0.2, 0.25) is 0 Å². The molecule has 4 nitrogen and oxygen atoms in total. The summed E-state index contributed by atoms with van der Waals surface area (Å²) in [6.45, 7) is 0.931. The second-order valence-corrected chi connectivity index (χ2v) is 2.99. The minimum absolute atomic E-state index is 0.346. The van der Waals surface area contributed by atoms with Crippen molar-refractivity contribution in [2.75, 3.05) is 13.3 Å². The van der Waals surface area contributed by atoms with Gasteiger partial charge in [-0.2, -0.15) is 0 Å². The fraction of sp³-hybridized carbons (Fsp3) is 0.300. The van der Waals surface area contributed by atoms with Gasteiger partial charge in [0, 0.05) is 6.54 Å². The van der Waals surface area contributed by atoms with Crippen LogP contribution >= 0.6 is 0 Å². The molecule has 1 aliphatic heterocycles. The highest BCUT2D eigenvalue weighted by molar-refractivity contribution is 5.77. The lowest BCUT2D eigenvalue weighted by Crippen LogP contribution is -2.28. The van der Waals surface area contributed by atoms with Crippen molar-refractivity contribution in [1.29, 1.82) is 0 Å². The second-order valence-electron chi connectivity index (χ2n) is 2.99. The normalized spacial score (nSPS) is 20.7. The third-order valence-electron chi connectivity index (χ3n) is 1.94. The molecule has 1 saturated heterocycles. The summed E-state index contributed by atoms with van der Waals surface area (Å²) in [4.78, 5) is 11.4. The van der Waals surface area contributed by atoms with E-state index in [-0.39, 0.29) is 5.97 Å². The maximum Gasteiger partial charge on any atom is 0.342 e. The minimum atomic E-state index is -0.477. The van der Waals surface area contributed by atoms with Crippen molar-refractivity contribution in [3.8, 4) is 5.75 Å². The maximum absolute atomic E-state index is 11.4. The molecule has 0 saturated carbocycles. The number of hydrogen-bond acceptors (Lipinski definition) is 4. The Morgan fingerprint density at radius 3 is 2.86 bits per heavy atom. The molecule has 0 spiro atoms. The van der Waals surface area contributed by atoms with Gasteiger partial charge in [-0.25, -0.2) is 4.79 Å². The molecule has 0 amide bonds. The summed E-state index contributed by atoms with van der Waals surface area (Å²) in [5.74, 6) is 0.203. The highest BCUT2D eigenvalue weighted by Crippen LogP contribution is 2.10. The molecular weight excluding hydrogens is 182 g/mol. The highest BCUT2D eigenvalue weighted by Gasteiger charge is 2.25. The lowest BCUT2D eigenvalue weighted by molar-refractivity contribution is -0.143. The van der Waals surface area contributed by atoms with Gasteiger partial charge in [0.15, 0.2) is 6.10 Å². The van der Waals surface area contributed by atoms with E-state index in [0.29, 0.717) is 19.0 Å². The number of rotatable bonds is 2. The molecule has 0 aromatic heterocycles. The number of para-hydroxylation sites is 1.